The first-order chi connectivity index (χ1) is 12.8. The lowest BCUT2D eigenvalue weighted by atomic mass is 9.89. The molecule has 2 aromatic carbocycles. The molecule has 0 bridgehead atoms. The summed E-state index contributed by atoms with van der Waals surface area (Å²) in [7, 11) is 0. The molecule has 28 heavy (non-hydrogen) atoms. The third kappa shape index (κ3) is 3.36. The highest BCUT2D eigenvalue weighted by atomic mass is 19.4. The van der Waals surface area contributed by atoms with E-state index < -0.39 is 46.3 Å². The van der Waals surface area contributed by atoms with Crippen LogP contribution in [-0.4, -0.2) is 23.7 Å². The standard InChI is InChI=1S/C18H12F8O2/c1-2-12-14(13(19)7-10(8-27)15(12)20)9-3-5-11(6-4-9)16(28,17(21,22)23)18(24,25)26/h3-8,28H,2H2,1H3. The number of halogens is 8. The lowest BCUT2D eigenvalue weighted by molar-refractivity contribution is -0.376. The minimum Gasteiger partial charge on any atom is -0.369 e. The second kappa shape index (κ2) is 7.16. The molecule has 0 fully saturated rings. The maximum Gasteiger partial charge on any atom is 0.430 e. The number of benzene rings is 2. The van der Waals surface area contributed by atoms with Crippen molar-refractivity contribution >= 4 is 6.29 Å². The van der Waals surface area contributed by atoms with Gasteiger partial charge in [-0.1, -0.05) is 31.2 Å². The first kappa shape index (κ1) is 21.8. The SMILES string of the molecule is CCc1c(F)c(C=O)cc(F)c1-c1ccc(C(O)(C(F)(F)F)C(F)(F)F)cc1. The van der Waals surface area contributed by atoms with Crippen LogP contribution >= 0.6 is 0 Å². The summed E-state index contributed by atoms with van der Waals surface area (Å²) in [6, 6.07) is 2.65. The van der Waals surface area contributed by atoms with E-state index in [0.29, 0.717) is 30.3 Å². The number of aliphatic hydroxyl groups is 1. The van der Waals surface area contributed by atoms with E-state index in [-0.39, 0.29) is 23.8 Å². The van der Waals surface area contributed by atoms with Gasteiger partial charge in [-0.2, -0.15) is 26.3 Å². The van der Waals surface area contributed by atoms with Crippen molar-refractivity contribution in [1.82, 2.24) is 0 Å². The van der Waals surface area contributed by atoms with Gasteiger partial charge in [0, 0.05) is 11.1 Å². The van der Waals surface area contributed by atoms with E-state index in [1.807, 2.05) is 0 Å². The van der Waals surface area contributed by atoms with Gasteiger partial charge in [0.1, 0.15) is 11.6 Å². The first-order valence-corrected chi connectivity index (χ1v) is 7.72. The van der Waals surface area contributed by atoms with Crippen LogP contribution in [-0.2, 0) is 12.0 Å². The van der Waals surface area contributed by atoms with Crippen LogP contribution in [0.15, 0.2) is 30.3 Å². The molecular formula is C18H12F8O2. The van der Waals surface area contributed by atoms with Gasteiger partial charge in [0.05, 0.1) is 5.56 Å². The summed E-state index contributed by atoms with van der Waals surface area (Å²) in [5.41, 5.74) is -8.12. The molecule has 0 aromatic heterocycles. The smallest absolute Gasteiger partial charge is 0.369 e. The van der Waals surface area contributed by atoms with Crippen LogP contribution in [0.25, 0.3) is 11.1 Å². The summed E-state index contributed by atoms with van der Waals surface area (Å²) in [5.74, 6) is -2.12. The van der Waals surface area contributed by atoms with Crippen LogP contribution in [0, 0.1) is 11.6 Å². The molecule has 0 unspecified atom stereocenters. The third-order valence-corrected chi connectivity index (χ3v) is 4.23. The molecule has 0 amide bonds. The topological polar surface area (TPSA) is 37.3 Å². The van der Waals surface area contributed by atoms with Gasteiger partial charge < -0.3 is 5.11 Å². The van der Waals surface area contributed by atoms with E-state index in [2.05, 4.69) is 0 Å². The Balaban J connectivity index is 2.66. The molecule has 0 aliphatic rings. The Morgan fingerprint density at radius 1 is 0.964 bits per heavy atom. The molecule has 0 aliphatic carbocycles. The van der Waals surface area contributed by atoms with E-state index in [1.54, 1.807) is 0 Å². The summed E-state index contributed by atoms with van der Waals surface area (Å²) < 4.78 is 106. The molecular weight excluding hydrogens is 400 g/mol. The van der Waals surface area contributed by atoms with Crippen LogP contribution in [0.3, 0.4) is 0 Å². The number of hydrogen-bond donors (Lipinski definition) is 1. The van der Waals surface area contributed by atoms with Crippen LogP contribution in [0.2, 0.25) is 0 Å². The zero-order chi connectivity index (χ0) is 21.5. The molecule has 2 rings (SSSR count). The maximum atomic E-state index is 14.3. The van der Waals surface area contributed by atoms with Crippen molar-refractivity contribution in [2.75, 3.05) is 0 Å². The summed E-state index contributed by atoms with van der Waals surface area (Å²) in [5, 5.41) is 9.36. The summed E-state index contributed by atoms with van der Waals surface area (Å²) in [6.45, 7) is 1.43. The van der Waals surface area contributed by atoms with Gasteiger partial charge in [-0.3, -0.25) is 4.79 Å². The fourth-order valence-corrected chi connectivity index (χ4v) is 2.80. The number of hydrogen-bond acceptors (Lipinski definition) is 2. The normalized spacial score (nSPS) is 12.9. The fraction of sp³-hybridized carbons (Fsp3) is 0.278. The van der Waals surface area contributed by atoms with Crippen molar-refractivity contribution in [3.8, 4) is 11.1 Å². The van der Waals surface area contributed by atoms with Gasteiger partial charge >= 0.3 is 12.4 Å². The van der Waals surface area contributed by atoms with E-state index in [9.17, 15) is 45.0 Å². The zero-order valence-corrected chi connectivity index (χ0v) is 14.1. The van der Waals surface area contributed by atoms with Crippen molar-refractivity contribution in [1.29, 1.82) is 0 Å². The van der Waals surface area contributed by atoms with Gasteiger partial charge in [0.25, 0.3) is 5.60 Å². The van der Waals surface area contributed by atoms with Crippen LogP contribution < -0.4 is 0 Å². The Kier molecular flexibility index (Phi) is 5.57. The molecule has 2 aromatic rings. The highest BCUT2D eigenvalue weighted by Crippen LogP contribution is 2.50. The molecule has 0 heterocycles. The molecule has 0 atom stereocenters. The summed E-state index contributed by atoms with van der Waals surface area (Å²) in [6.07, 6.45) is -12.2. The second-order valence-electron chi connectivity index (χ2n) is 5.87. The van der Waals surface area contributed by atoms with Crippen molar-refractivity contribution in [2.45, 2.75) is 31.3 Å². The highest BCUT2D eigenvalue weighted by Gasteiger charge is 2.71. The number of aldehydes is 1. The van der Waals surface area contributed by atoms with Crippen molar-refractivity contribution < 1.29 is 45.0 Å². The largest absolute Gasteiger partial charge is 0.430 e. The van der Waals surface area contributed by atoms with Crippen LogP contribution in [0.5, 0.6) is 0 Å². The van der Waals surface area contributed by atoms with Gasteiger partial charge in [-0.15, -0.1) is 0 Å². The Morgan fingerprint density at radius 2 is 1.46 bits per heavy atom. The predicted octanol–water partition coefficient (Wildman–Crippen LogP) is 5.32. The van der Waals surface area contributed by atoms with Crippen LogP contribution in [0.4, 0.5) is 35.1 Å². The van der Waals surface area contributed by atoms with Crippen molar-refractivity contribution in [3.63, 3.8) is 0 Å². The quantitative estimate of drug-likeness (QED) is 0.545. The molecule has 0 aliphatic heterocycles. The molecule has 0 saturated heterocycles. The first-order valence-electron chi connectivity index (χ1n) is 7.72. The lowest BCUT2D eigenvalue weighted by Gasteiger charge is -2.32. The van der Waals surface area contributed by atoms with Gasteiger partial charge in [-0.05, 0) is 23.6 Å². The minimum atomic E-state index is -6.07. The third-order valence-electron chi connectivity index (χ3n) is 4.23. The summed E-state index contributed by atoms with van der Waals surface area (Å²) >= 11 is 0. The molecule has 0 radical (unpaired) electrons. The molecule has 10 heteroatoms. The van der Waals surface area contributed by atoms with E-state index in [0.717, 1.165) is 0 Å². The molecule has 0 spiro atoms. The Morgan fingerprint density at radius 3 is 1.86 bits per heavy atom. The minimum absolute atomic E-state index is 0.0806. The average Bonchev–Trinajstić information content (AvgIpc) is 2.60. The molecule has 1 N–H and O–H groups in total. The van der Waals surface area contributed by atoms with Gasteiger partial charge in [0.2, 0.25) is 0 Å². The number of alkyl halides is 6. The Labute approximate surface area is 153 Å². The van der Waals surface area contributed by atoms with E-state index in [4.69, 9.17) is 0 Å². The molecule has 152 valence electrons. The molecule has 2 nitrogen and oxygen atoms in total. The number of carbonyl (C=O) groups is 1. The highest BCUT2D eigenvalue weighted by molar-refractivity contribution is 5.80. The van der Waals surface area contributed by atoms with E-state index >= 15 is 0 Å². The number of rotatable bonds is 4. The average molecular weight is 412 g/mol. The van der Waals surface area contributed by atoms with Gasteiger partial charge in [-0.25, -0.2) is 8.78 Å². The monoisotopic (exact) mass is 412 g/mol. The molecule has 0 saturated carbocycles. The maximum absolute atomic E-state index is 14.3. The Bertz CT molecular complexity index is 868. The van der Waals surface area contributed by atoms with Crippen molar-refractivity contribution in [3.05, 3.63) is 58.7 Å². The predicted molar refractivity (Wildman–Crippen MR) is 82.6 cm³/mol. The summed E-state index contributed by atoms with van der Waals surface area (Å²) in [4.78, 5) is 10.8. The number of carbonyl (C=O) groups excluding carboxylic acids is 1. The second-order valence-corrected chi connectivity index (χ2v) is 5.87. The Hall–Kier alpha value is -2.49. The van der Waals surface area contributed by atoms with Gasteiger partial charge in [0.15, 0.2) is 6.29 Å². The van der Waals surface area contributed by atoms with E-state index in [1.165, 1.54) is 6.92 Å². The lowest BCUT2D eigenvalue weighted by Crippen LogP contribution is -2.53. The zero-order valence-electron chi connectivity index (χ0n) is 14.1. The van der Waals surface area contributed by atoms with Crippen molar-refractivity contribution in [2.24, 2.45) is 0 Å². The van der Waals surface area contributed by atoms with Crippen LogP contribution in [0.1, 0.15) is 28.4 Å². The fourth-order valence-electron chi connectivity index (χ4n) is 2.80.